The van der Waals surface area contributed by atoms with Gasteiger partial charge in [-0.1, -0.05) is 0 Å². The van der Waals surface area contributed by atoms with Crippen LogP contribution in [0.3, 0.4) is 0 Å². The predicted octanol–water partition coefficient (Wildman–Crippen LogP) is 1.75. The van der Waals surface area contributed by atoms with Crippen LogP contribution in [0.25, 0.3) is 0 Å². The number of methoxy groups -OCH3 is 1. The Bertz CT molecular complexity index is 370. The number of rotatable bonds is 3. The topological polar surface area (TPSA) is 52.6 Å². The average molecular weight is 314 g/mol. The van der Waals surface area contributed by atoms with Crippen LogP contribution in [0.4, 0.5) is 0 Å². The lowest BCUT2D eigenvalue weighted by molar-refractivity contribution is 0.414. The van der Waals surface area contributed by atoms with E-state index < -0.39 is 10.1 Å². The molecule has 1 rings (SSSR count). The smallest absolute Gasteiger partial charge is 0.306 e. The third kappa shape index (κ3) is 2.55. The van der Waals surface area contributed by atoms with Crippen molar-refractivity contribution in [3.8, 4) is 5.75 Å². The summed E-state index contributed by atoms with van der Waals surface area (Å²) in [6.45, 7) is 0. The second-order valence-electron chi connectivity index (χ2n) is 2.19. The van der Waals surface area contributed by atoms with E-state index in [4.69, 9.17) is 4.74 Å². The number of hydrogen-bond donors (Lipinski definition) is 0. The summed E-state index contributed by atoms with van der Waals surface area (Å²) in [5.74, 6) is 0.604. The van der Waals surface area contributed by atoms with Gasteiger partial charge in [0.15, 0.2) is 0 Å². The molecule has 4 nitrogen and oxygen atoms in total. The lowest BCUT2D eigenvalue weighted by Gasteiger charge is -2.01. The predicted molar refractivity (Wildman–Crippen MR) is 55.3 cm³/mol. The molecule has 1 aromatic carbocycles. The van der Waals surface area contributed by atoms with Gasteiger partial charge in [0.2, 0.25) is 0 Å². The molecule has 0 heterocycles. The van der Waals surface area contributed by atoms with Crippen LogP contribution in [-0.4, -0.2) is 15.5 Å². The van der Waals surface area contributed by atoms with Gasteiger partial charge in [-0.05, 0) is 24.3 Å². The normalized spacial score (nSPS) is 11.2. The molecule has 0 fully saturated rings. The van der Waals surface area contributed by atoms with Gasteiger partial charge in [-0.25, -0.2) is 0 Å². The summed E-state index contributed by atoms with van der Waals surface area (Å²) in [5.41, 5.74) is 0. The Morgan fingerprint density at radius 3 is 2.15 bits per heavy atom. The van der Waals surface area contributed by atoms with Crippen molar-refractivity contribution < 1.29 is 15.7 Å². The molecular weight excluding hydrogens is 307 g/mol. The van der Waals surface area contributed by atoms with Gasteiger partial charge in [-0.2, -0.15) is 10.9 Å². The highest BCUT2D eigenvalue weighted by molar-refractivity contribution is 14.1. The maximum Gasteiger partial charge on any atom is 0.306 e. The molecule has 0 aliphatic rings. The largest absolute Gasteiger partial charge is 0.497 e. The molecule has 0 aliphatic heterocycles. The Kier molecular flexibility index (Phi) is 3.51. The Labute approximate surface area is 90.7 Å². The summed E-state index contributed by atoms with van der Waals surface area (Å²) in [4.78, 5) is 0.114. The Hall–Kier alpha value is -0.340. The zero-order chi connectivity index (χ0) is 9.90. The molecule has 0 saturated carbocycles. The summed E-state index contributed by atoms with van der Waals surface area (Å²) < 4.78 is 31.4. The van der Waals surface area contributed by atoms with Crippen molar-refractivity contribution in [2.75, 3.05) is 7.11 Å². The van der Waals surface area contributed by atoms with Gasteiger partial charge >= 0.3 is 10.1 Å². The van der Waals surface area contributed by atoms with Gasteiger partial charge in [0.25, 0.3) is 0 Å². The molecule has 0 radical (unpaired) electrons. The van der Waals surface area contributed by atoms with E-state index >= 15 is 0 Å². The van der Waals surface area contributed by atoms with Gasteiger partial charge in [0.05, 0.1) is 12.0 Å². The van der Waals surface area contributed by atoms with Crippen LogP contribution in [-0.2, 0) is 12.6 Å². The fraction of sp³-hybridized carbons (Fsp3) is 0.143. The maximum atomic E-state index is 11.1. The van der Waals surface area contributed by atoms with Gasteiger partial charge < -0.3 is 4.74 Å². The first-order chi connectivity index (χ1) is 6.10. The summed E-state index contributed by atoms with van der Waals surface area (Å²) in [5, 5.41) is 0. The zero-order valence-electron chi connectivity index (χ0n) is 6.73. The molecule has 6 heteroatoms. The molecule has 0 spiro atoms. The molecule has 1 aromatic rings. The summed E-state index contributed by atoms with van der Waals surface area (Å²) in [6.07, 6.45) is 0. The van der Waals surface area contributed by atoms with E-state index in [9.17, 15) is 8.42 Å². The Morgan fingerprint density at radius 1 is 1.23 bits per heavy atom. The molecule has 13 heavy (non-hydrogen) atoms. The van der Waals surface area contributed by atoms with Crippen LogP contribution in [0.15, 0.2) is 29.2 Å². The molecular formula is C7H7IO4S. The minimum absolute atomic E-state index is 0.114. The van der Waals surface area contributed by atoms with Crippen molar-refractivity contribution in [2.45, 2.75) is 4.90 Å². The van der Waals surface area contributed by atoms with Crippen LogP contribution >= 0.6 is 23.0 Å². The molecule has 0 unspecified atom stereocenters. The molecule has 72 valence electrons. The van der Waals surface area contributed by atoms with Crippen molar-refractivity contribution in [1.29, 1.82) is 0 Å². The fourth-order valence-electron chi connectivity index (χ4n) is 0.779. The average Bonchev–Trinajstić information content (AvgIpc) is 2.18. The van der Waals surface area contributed by atoms with Crippen LogP contribution in [0.5, 0.6) is 5.75 Å². The first-order valence-corrected chi connectivity index (χ1v) is 5.58. The number of ether oxygens (including phenoxy) is 1. The fourth-order valence-corrected chi connectivity index (χ4v) is 1.94. The first kappa shape index (κ1) is 10.7. The van der Waals surface area contributed by atoms with Gasteiger partial charge in [0.1, 0.15) is 28.8 Å². The summed E-state index contributed by atoms with van der Waals surface area (Å²) >= 11 is 1.33. The quantitative estimate of drug-likeness (QED) is 0.798. The third-order valence-corrected chi connectivity index (χ3v) is 3.87. The van der Waals surface area contributed by atoms with Crippen LogP contribution < -0.4 is 4.74 Å². The van der Waals surface area contributed by atoms with Crippen molar-refractivity contribution in [3.05, 3.63) is 24.3 Å². The van der Waals surface area contributed by atoms with Crippen LogP contribution in [0, 0.1) is 0 Å². The minimum atomic E-state index is -3.59. The molecule has 0 bridgehead atoms. The molecule has 0 amide bonds. The molecule has 0 N–H and O–H groups in total. The van der Waals surface area contributed by atoms with E-state index in [0.717, 1.165) is 0 Å². The van der Waals surface area contributed by atoms with Gasteiger partial charge in [-0.3, -0.25) is 0 Å². The van der Waals surface area contributed by atoms with Gasteiger partial charge in [-0.15, -0.1) is 0 Å². The van der Waals surface area contributed by atoms with Crippen LogP contribution in [0.1, 0.15) is 0 Å². The van der Waals surface area contributed by atoms with E-state index in [1.54, 1.807) is 12.1 Å². The van der Waals surface area contributed by atoms with E-state index in [-0.39, 0.29) is 4.90 Å². The summed E-state index contributed by atoms with van der Waals surface area (Å²) in [7, 11) is -2.08. The van der Waals surface area contributed by atoms with E-state index in [0.29, 0.717) is 5.75 Å². The van der Waals surface area contributed by atoms with Crippen molar-refractivity contribution in [1.82, 2.24) is 0 Å². The van der Waals surface area contributed by atoms with Crippen LogP contribution in [0.2, 0.25) is 0 Å². The lowest BCUT2D eigenvalue weighted by atomic mass is 10.3. The highest BCUT2D eigenvalue weighted by atomic mass is 127. The number of hydrogen-bond acceptors (Lipinski definition) is 4. The molecule has 0 aromatic heterocycles. The highest BCUT2D eigenvalue weighted by Crippen LogP contribution is 2.18. The highest BCUT2D eigenvalue weighted by Gasteiger charge is 2.13. The number of benzene rings is 1. The third-order valence-electron chi connectivity index (χ3n) is 1.43. The monoisotopic (exact) mass is 314 g/mol. The summed E-state index contributed by atoms with van der Waals surface area (Å²) in [6, 6.07) is 5.96. The standard InChI is InChI=1S/C7H7IO4S/c1-11-6-2-4-7(5-3-6)13(9,10)12-8/h2-5H,1H3. The number of halogens is 1. The van der Waals surface area contributed by atoms with E-state index in [1.807, 2.05) is 0 Å². The first-order valence-electron chi connectivity index (χ1n) is 3.29. The molecule has 0 atom stereocenters. The Balaban J connectivity index is 3.06. The zero-order valence-corrected chi connectivity index (χ0v) is 9.70. The van der Waals surface area contributed by atoms with E-state index in [1.165, 1.54) is 42.2 Å². The molecule has 0 aliphatic carbocycles. The van der Waals surface area contributed by atoms with Crippen molar-refractivity contribution >= 4 is 33.1 Å². The second kappa shape index (κ2) is 4.25. The van der Waals surface area contributed by atoms with Crippen molar-refractivity contribution in [3.63, 3.8) is 0 Å². The van der Waals surface area contributed by atoms with Crippen molar-refractivity contribution in [2.24, 2.45) is 0 Å². The van der Waals surface area contributed by atoms with Gasteiger partial charge in [0, 0.05) is 0 Å². The SMILES string of the molecule is COc1ccc(S(=O)(=O)OI)cc1. The lowest BCUT2D eigenvalue weighted by Crippen LogP contribution is -1.98. The molecule has 0 saturated heterocycles. The Morgan fingerprint density at radius 2 is 1.77 bits per heavy atom. The van der Waals surface area contributed by atoms with E-state index in [2.05, 4.69) is 2.51 Å². The second-order valence-corrected chi connectivity index (χ2v) is 4.78. The maximum absolute atomic E-state index is 11.1. The minimum Gasteiger partial charge on any atom is -0.497 e.